The Morgan fingerprint density at radius 3 is 2.86 bits per heavy atom. The molecule has 2 fully saturated rings. The highest BCUT2D eigenvalue weighted by Crippen LogP contribution is 2.31. The van der Waals surface area contributed by atoms with Gasteiger partial charge in [-0.05, 0) is 31.7 Å². The Labute approximate surface area is 132 Å². The zero-order valence-corrected chi connectivity index (χ0v) is 13.6. The lowest BCUT2D eigenvalue weighted by atomic mass is 9.88. The van der Waals surface area contributed by atoms with E-state index >= 15 is 0 Å². The van der Waals surface area contributed by atoms with Gasteiger partial charge in [-0.1, -0.05) is 0 Å². The summed E-state index contributed by atoms with van der Waals surface area (Å²) in [5, 5.41) is 7.63. The maximum absolute atomic E-state index is 12.9. The van der Waals surface area contributed by atoms with Crippen molar-refractivity contribution in [3.8, 4) is 0 Å². The predicted molar refractivity (Wildman–Crippen MR) is 84.6 cm³/mol. The van der Waals surface area contributed by atoms with Gasteiger partial charge in [0.25, 0.3) is 0 Å². The largest absolute Gasteiger partial charge is 0.340 e. The highest BCUT2D eigenvalue weighted by Gasteiger charge is 2.38. The van der Waals surface area contributed by atoms with E-state index in [0.29, 0.717) is 11.9 Å². The number of halogens is 1. The molecule has 0 saturated carbocycles. The molecule has 0 bridgehead atoms. The lowest BCUT2D eigenvalue weighted by Gasteiger charge is -2.36. The molecule has 3 atom stereocenters. The molecule has 1 unspecified atom stereocenters. The quantitative estimate of drug-likeness (QED) is 0.901. The average Bonchev–Trinajstić information content (AvgIpc) is 3.06. The van der Waals surface area contributed by atoms with Crippen LogP contribution in [-0.2, 0) is 11.8 Å². The second-order valence-electron chi connectivity index (χ2n) is 6.20. The lowest BCUT2D eigenvalue weighted by Crippen LogP contribution is -2.46. The van der Waals surface area contributed by atoms with Crippen LogP contribution < -0.4 is 5.32 Å². The van der Waals surface area contributed by atoms with E-state index in [1.165, 1.54) is 12.0 Å². The number of nitrogens with one attached hydrogen (secondary N) is 1. The van der Waals surface area contributed by atoms with E-state index in [1.807, 2.05) is 24.1 Å². The van der Waals surface area contributed by atoms with Gasteiger partial charge in [0.2, 0.25) is 5.91 Å². The van der Waals surface area contributed by atoms with Crippen LogP contribution in [0.5, 0.6) is 0 Å². The third kappa shape index (κ3) is 3.24. The number of carbonyl (C=O) groups excluding carboxylic acids is 1. The van der Waals surface area contributed by atoms with E-state index in [0.717, 1.165) is 32.5 Å². The summed E-state index contributed by atoms with van der Waals surface area (Å²) in [4.78, 5) is 15.0. The number of hydrogen-bond donors (Lipinski definition) is 1. The third-order valence-corrected chi connectivity index (χ3v) is 4.77. The molecule has 118 valence electrons. The van der Waals surface area contributed by atoms with E-state index in [4.69, 9.17) is 0 Å². The molecule has 5 nitrogen and oxygen atoms in total. The number of hydrogen-bond acceptors (Lipinski definition) is 3. The molecule has 1 aromatic heterocycles. The fourth-order valence-corrected chi connectivity index (χ4v) is 3.56. The van der Waals surface area contributed by atoms with Gasteiger partial charge >= 0.3 is 0 Å². The van der Waals surface area contributed by atoms with Crippen molar-refractivity contribution in [1.82, 2.24) is 20.0 Å². The summed E-state index contributed by atoms with van der Waals surface area (Å²) in [5.74, 6) is 0.668. The van der Waals surface area contributed by atoms with E-state index in [9.17, 15) is 4.79 Å². The number of nitrogens with zero attached hydrogens (tertiary/aromatic N) is 3. The van der Waals surface area contributed by atoms with Gasteiger partial charge in [-0.15, -0.1) is 12.4 Å². The first kappa shape index (κ1) is 16.3. The van der Waals surface area contributed by atoms with Gasteiger partial charge in [0, 0.05) is 44.8 Å². The monoisotopic (exact) mass is 312 g/mol. The molecule has 1 N–H and O–H groups in total. The van der Waals surface area contributed by atoms with Crippen LogP contribution in [0.25, 0.3) is 0 Å². The lowest BCUT2D eigenvalue weighted by molar-refractivity contribution is -0.138. The summed E-state index contributed by atoms with van der Waals surface area (Å²) < 4.78 is 1.82. The number of likely N-dealkylation sites (tertiary alicyclic amines) is 1. The number of amides is 1. The fourth-order valence-electron chi connectivity index (χ4n) is 3.56. The Kier molecular flexibility index (Phi) is 5.27. The molecular weight excluding hydrogens is 288 g/mol. The summed E-state index contributed by atoms with van der Waals surface area (Å²) >= 11 is 0. The Morgan fingerprint density at radius 2 is 2.19 bits per heavy atom. The van der Waals surface area contributed by atoms with Crippen molar-refractivity contribution in [2.75, 3.05) is 19.6 Å². The molecule has 21 heavy (non-hydrogen) atoms. The van der Waals surface area contributed by atoms with E-state index in [1.54, 1.807) is 0 Å². The molecule has 2 aliphatic heterocycles. The van der Waals surface area contributed by atoms with Gasteiger partial charge in [-0.25, -0.2) is 0 Å². The minimum absolute atomic E-state index is 0. The maximum Gasteiger partial charge on any atom is 0.227 e. The zero-order valence-electron chi connectivity index (χ0n) is 12.8. The molecule has 0 aliphatic carbocycles. The second kappa shape index (κ2) is 6.79. The molecule has 3 rings (SSSR count). The number of rotatable bonds is 2. The van der Waals surface area contributed by atoms with Crippen LogP contribution in [0.3, 0.4) is 0 Å². The first-order chi connectivity index (χ1) is 9.66. The minimum Gasteiger partial charge on any atom is -0.340 e. The van der Waals surface area contributed by atoms with Crippen molar-refractivity contribution < 1.29 is 4.79 Å². The molecule has 1 aromatic rings. The van der Waals surface area contributed by atoms with Crippen LogP contribution in [0, 0.1) is 5.92 Å². The minimum atomic E-state index is 0. The molecule has 6 heteroatoms. The summed E-state index contributed by atoms with van der Waals surface area (Å²) in [6, 6.07) is 0.395. The zero-order chi connectivity index (χ0) is 14.1. The van der Waals surface area contributed by atoms with E-state index < -0.39 is 0 Å². The van der Waals surface area contributed by atoms with E-state index in [-0.39, 0.29) is 24.2 Å². The molecule has 2 saturated heterocycles. The molecule has 0 aromatic carbocycles. The molecule has 0 spiro atoms. The SMILES string of the molecule is CC1CCCCN1C(=O)[C@H]1CNC[C@@H]1c1cnn(C)c1.Cl. The highest BCUT2D eigenvalue weighted by atomic mass is 35.5. The Bertz CT molecular complexity index is 490. The van der Waals surface area contributed by atoms with Crippen molar-refractivity contribution >= 4 is 18.3 Å². The summed E-state index contributed by atoms with van der Waals surface area (Å²) in [6.07, 6.45) is 7.48. The predicted octanol–water partition coefficient (Wildman–Crippen LogP) is 1.55. The first-order valence-electron chi connectivity index (χ1n) is 7.66. The van der Waals surface area contributed by atoms with Crippen molar-refractivity contribution in [3.05, 3.63) is 18.0 Å². The van der Waals surface area contributed by atoms with Crippen molar-refractivity contribution in [2.24, 2.45) is 13.0 Å². The summed E-state index contributed by atoms with van der Waals surface area (Å²) in [6.45, 7) is 4.78. The van der Waals surface area contributed by atoms with Crippen LogP contribution in [0.4, 0.5) is 0 Å². The first-order valence-corrected chi connectivity index (χ1v) is 7.66. The van der Waals surface area contributed by atoms with E-state index in [2.05, 4.69) is 22.2 Å². The van der Waals surface area contributed by atoms with Crippen LogP contribution in [-0.4, -0.2) is 46.3 Å². The van der Waals surface area contributed by atoms with Crippen molar-refractivity contribution in [2.45, 2.75) is 38.1 Å². The fraction of sp³-hybridized carbons (Fsp3) is 0.733. The molecule has 1 amide bonds. The Balaban J connectivity index is 0.00000161. The van der Waals surface area contributed by atoms with Crippen molar-refractivity contribution in [3.63, 3.8) is 0 Å². The normalized spacial score (nSPS) is 29.2. The molecular formula is C15H25ClN4O. The Hall–Kier alpha value is -1.07. The van der Waals surface area contributed by atoms with Crippen LogP contribution >= 0.6 is 12.4 Å². The third-order valence-electron chi connectivity index (χ3n) is 4.77. The maximum atomic E-state index is 12.9. The summed E-state index contributed by atoms with van der Waals surface area (Å²) in [5.41, 5.74) is 1.18. The van der Waals surface area contributed by atoms with Crippen LogP contribution in [0.1, 0.15) is 37.7 Å². The van der Waals surface area contributed by atoms with Gasteiger partial charge in [-0.3, -0.25) is 9.48 Å². The number of piperidine rings is 1. The standard InChI is InChI=1S/C15H24N4O.ClH/c1-11-5-3-4-6-19(11)15(20)14-9-16-8-13(14)12-7-17-18(2)10-12;/h7,10-11,13-14,16H,3-6,8-9H2,1-2H3;1H/t11?,13-,14+;/m1./s1. The molecule has 0 radical (unpaired) electrons. The number of aromatic nitrogens is 2. The van der Waals surface area contributed by atoms with Crippen molar-refractivity contribution in [1.29, 1.82) is 0 Å². The summed E-state index contributed by atoms with van der Waals surface area (Å²) in [7, 11) is 1.93. The topological polar surface area (TPSA) is 50.2 Å². The van der Waals surface area contributed by atoms with Crippen LogP contribution in [0.15, 0.2) is 12.4 Å². The second-order valence-corrected chi connectivity index (χ2v) is 6.20. The smallest absolute Gasteiger partial charge is 0.227 e. The Morgan fingerprint density at radius 1 is 1.38 bits per heavy atom. The average molecular weight is 313 g/mol. The highest BCUT2D eigenvalue weighted by molar-refractivity contribution is 5.85. The van der Waals surface area contributed by atoms with Gasteiger partial charge in [-0.2, -0.15) is 5.10 Å². The van der Waals surface area contributed by atoms with Crippen LogP contribution in [0.2, 0.25) is 0 Å². The van der Waals surface area contributed by atoms with Gasteiger partial charge in [0.15, 0.2) is 0 Å². The van der Waals surface area contributed by atoms with Gasteiger partial charge in [0.1, 0.15) is 0 Å². The van der Waals surface area contributed by atoms with Gasteiger partial charge in [0.05, 0.1) is 12.1 Å². The number of carbonyl (C=O) groups is 1. The number of aryl methyl sites for hydroxylation is 1. The molecule has 2 aliphatic rings. The molecule has 3 heterocycles. The van der Waals surface area contributed by atoms with Gasteiger partial charge < -0.3 is 10.2 Å².